The molecule has 2 atom stereocenters. The molecule has 6 nitrogen and oxygen atoms in total. The van der Waals surface area contributed by atoms with E-state index in [-0.39, 0.29) is 11.9 Å². The molecule has 1 amide bonds. The molecule has 1 aromatic rings. The van der Waals surface area contributed by atoms with Gasteiger partial charge in [0.15, 0.2) is 11.5 Å². The second-order valence-corrected chi connectivity index (χ2v) is 6.32. The van der Waals surface area contributed by atoms with Crippen LogP contribution in [0, 0.1) is 5.41 Å². The summed E-state index contributed by atoms with van der Waals surface area (Å²) in [5.74, 6) is 1.12. The molecule has 1 aromatic carbocycles. The molecule has 21 heavy (non-hydrogen) atoms. The molecule has 0 spiro atoms. The lowest BCUT2D eigenvalue weighted by Gasteiger charge is -2.26. The number of hydrogen-bond acceptors (Lipinski definition) is 5. The number of halogens is 1. The topological polar surface area (TPSA) is 82.8 Å². The van der Waals surface area contributed by atoms with Crippen molar-refractivity contribution in [2.75, 3.05) is 31.7 Å². The lowest BCUT2D eigenvalue weighted by atomic mass is 9.85. The predicted molar refractivity (Wildman–Crippen MR) is 80.7 cm³/mol. The van der Waals surface area contributed by atoms with Gasteiger partial charge < -0.3 is 25.3 Å². The summed E-state index contributed by atoms with van der Waals surface area (Å²) in [6.07, 6.45) is 0. The highest BCUT2D eigenvalue weighted by atomic mass is 79.9. The average molecular weight is 357 g/mol. The fraction of sp³-hybridized carbons (Fsp3) is 0.500. The molecule has 3 N–H and O–H groups in total. The summed E-state index contributed by atoms with van der Waals surface area (Å²) in [5, 5.41) is 2.89. The van der Waals surface area contributed by atoms with Crippen molar-refractivity contribution in [3.63, 3.8) is 0 Å². The van der Waals surface area contributed by atoms with Crippen molar-refractivity contribution in [2.24, 2.45) is 11.1 Å². The summed E-state index contributed by atoms with van der Waals surface area (Å²) < 4.78 is 17.1. The maximum absolute atomic E-state index is 12.5. The van der Waals surface area contributed by atoms with Crippen LogP contribution in [0.5, 0.6) is 11.5 Å². The van der Waals surface area contributed by atoms with Gasteiger partial charge in [0.05, 0.1) is 24.3 Å². The molecule has 7 heteroatoms. The van der Waals surface area contributed by atoms with Gasteiger partial charge in [-0.15, -0.1) is 0 Å². The Morgan fingerprint density at radius 1 is 1.38 bits per heavy atom. The Morgan fingerprint density at radius 3 is 2.67 bits per heavy atom. The molecule has 3 rings (SSSR count). The van der Waals surface area contributed by atoms with Crippen molar-refractivity contribution in [3.8, 4) is 11.5 Å². The van der Waals surface area contributed by atoms with E-state index < -0.39 is 5.41 Å². The first-order chi connectivity index (χ1) is 10.0. The van der Waals surface area contributed by atoms with Crippen molar-refractivity contribution < 1.29 is 19.0 Å². The number of carbonyl (C=O) groups is 1. The van der Waals surface area contributed by atoms with E-state index in [0.717, 1.165) is 4.47 Å². The molecule has 2 unspecified atom stereocenters. The first-order valence-corrected chi connectivity index (χ1v) is 7.54. The van der Waals surface area contributed by atoms with Crippen molar-refractivity contribution >= 4 is 27.5 Å². The minimum absolute atomic E-state index is 0.162. The van der Waals surface area contributed by atoms with Crippen LogP contribution in [-0.2, 0) is 9.53 Å². The smallest absolute Gasteiger partial charge is 0.234 e. The van der Waals surface area contributed by atoms with Gasteiger partial charge in [-0.2, -0.15) is 0 Å². The molecule has 0 bridgehead atoms. The maximum atomic E-state index is 12.5. The highest BCUT2D eigenvalue weighted by molar-refractivity contribution is 9.10. The molecule has 0 radical (unpaired) electrons. The van der Waals surface area contributed by atoms with E-state index in [0.29, 0.717) is 43.6 Å². The molecular weight excluding hydrogens is 340 g/mol. The monoisotopic (exact) mass is 356 g/mol. The van der Waals surface area contributed by atoms with Crippen molar-refractivity contribution in [1.82, 2.24) is 0 Å². The third-order valence-corrected chi connectivity index (χ3v) is 4.57. The first kappa shape index (κ1) is 14.6. The van der Waals surface area contributed by atoms with Crippen molar-refractivity contribution in [3.05, 3.63) is 16.6 Å². The Kier molecular flexibility index (Phi) is 3.81. The van der Waals surface area contributed by atoms with E-state index in [1.165, 1.54) is 0 Å². The summed E-state index contributed by atoms with van der Waals surface area (Å²) in [6.45, 7) is 3.55. The van der Waals surface area contributed by atoms with Crippen LogP contribution in [0.2, 0.25) is 0 Å². The van der Waals surface area contributed by atoms with Crippen LogP contribution >= 0.6 is 15.9 Å². The van der Waals surface area contributed by atoms with Crippen LogP contribution in [0.3, 0.4) is 0 Å². The van der Waals surface area contributed by atoms with Gasteiger partial charge in [0.2, 0.25) is 5.91 Å². The van der Waals surface area contributed by atoms with Gasteiger partial charge in [0.1, 0.15) is 13.2 Å². The van der Waals surface area contributed by atoms with Gasteiger partial charge >= 0.3 is 0 Å². The standard InChI is InChI=1S/C14H17BrN2O4/c1-14(7-19-6-12(14)16)13(18)17-9-5-11-10(4-8(9)15)20-2-3-21-11/h4-5,12H,2-3,6-7,16H2,1H3,(H,17,18). The minimum atomic E-state index is -0.729. The summed E-state index contributed by atoms with van der Waals surface area (Å²) >= 11 is 3.43. The summed E-state index contributed by atoms with van der Waals surface area (Å²) in [7, 11) is 0. The maximum Gasteiger partial charge on any atom is 0.234 e. The zero-order valence-electron chi connectivity index (χ0n) is 11.6. The van der Waals surface area contributed by atoms with Crippen molar-refractivity contribution in [1.29, 1.82) is 0 Å². The zero-order valence-corrected chi connectivity index (χ0v) is 13.2. The lowest BCUT2D eigenvalue weighted by Crippen LogP contribution is -2.47. The van der Waals surface area contributed by atoms with Gasteiger partial charge in [0, 0.05) is 22.6 Å². The van der Waals surface area contributed by atoms with Crippen LogP contribution in [0.1, 0.15) is 6.92 Å². The van der Waals surface area contributed by atoms with Gasteiger partial charge in [-0.1, -0.05) is 0 Å². The summed E-state index contributed by atoms with van der Waals surface area (Å²) in [4.78, 5) is 12.5. The Hall–Kier alpha value is -1.31. The molecule has 2 aliphatic rings. The number of carbonyl (C=O) groups excluding carboxylic acids is 1. The first-order valence-electron chi connectivity index (χ1n) is 6.74. The molecule has 2 aliphatic heterocycles. The number of hydrogen-bond donors (Lipinski definition) is 2. The number of benzene rings is 1. The van der Waals surface area contributed by atoms with Crippen LogP contribution in [0.4, 0.5) is 5.69 Å². The Balaban J connectivity index is 1.83. The lowest BCUT2D eigenvalue weighted by molar-refractivity contribution is -0.125. The number of rotatable bonds is 2. The van der Waals surface area contributed by atoms with Crippen molar-refractivity contribution in [2.45, 2.75) is 13.0 Å². The van der Waals surface area contributed by atoms with Gasteiger partial charge in [0.25, 0.3) is 0 Å². The molecule has 1 saturated heterocycles. The molecule has 0 saturated carbocycles. The minimum Gasteiger partial charge on any atom is -0.486 e. The Morgan fingerprint density at radius 2 is 2.05 bits per heavy atom. The highest BCUT2D eigenvalue weighted by Gasteiger charge is 2.44. The number of amides is 1. The number of ether oxygens (including phenoxy) is 3. The number of fused-ring (bicyclic) bond motifs is 1. The molecule has 2 heterocycles. The third-order valence-electron chi connectivity index (χ3n) is 3.92. The van der Waals surface area contributed by atoms with E-state index >= 15 is 0 Å². The van der Waals surface area contributed by atoms with Gasteiger partial charge in [-0.3, -0.25) is 4.79 Å². The molecule has 1 fully saturated rings. The van der Waals surface area contributed by atoms with Gasteiger partial charge in [-0.05, 0) is 22.9 Å². The van der Waals surface area contributed by atoms with E-state index in [1.54, 1.807) is 12.1 Å². The van der Waals surface area contributed by atoms with Crippen LogP contribution in [0.25, 0.3) is 0 Å². The quantitative estimate of drug-likeness (QED) is 0.839. The molecule has 114 valence electrons. The second kappa shape index (κ2) is 5.47. The third kappa shape index (κ3) is 2.61. The van der Waals surface area contributed by atoms with Crippen LogP contribution in [-0.4, -0.2) is 38.4 Å². The summed E-state index contributed by atoms with van der Waals surface area (Å²) in [5.41, 5.74) is 5.87. The summed E-state index contributed by atoms with van der Waals surface area (Å²) in [6, 6.07) is 3.23. The van der Waals surface area contributed by atoms with E-state index in [9.17, 15) is 4.79 Å². The SMILES string of the molecule is CC1(C(=O)Nc2cc3c(cc2Br)OCCO3)COCC1N. The fourth-order valence-electron chi connectivity index (χ4n) is 2.35. The normalized spacial score (nSPS) is 27.5. The number of nitrogens with two attached hydrogens (primary N) is 1. The van der Waals surface area contributed by atoms with Gasteiger partial charge in [-0.25, -0.2) is 0 Å². The second-order valence-electron chi connectivity index (χ2n) is 5.47. The van der Waals surface area contributed by atoms with Crippen LogP contribution < -0.4 is 20.5 Å². The average Bonchev–Trinajstić information content (AvgIpc) is 2.81. The molecule has 0 aromatic heterocycles. The van der Waals surface area contributed by atoms with Crippen LogP contribution in [0.15, 0.2) is 16.6 Å². The predicted octanol–water partition coefficient (Wildman–Crippen LogP) is 1.52. The highest BCUT2D eigenvalue weighted by Crippen LogP contribution is 2.39. The Bertz CT molecular complexity index is 580. The Labute approximate surface area is 131 Å². The van der Waals surface area contributed by atoms with E-state index in [1.807, 2.05) is 6.92 Å². The zero-order chi connectivity index (χ0) is 15.0. The van der Waals surface area contributed by atoms with E-state index in [4.69, 9.17) is 19.9 Å². The number of anilines is 1. The molecule has 0 aliphatic carbocycles. The largest absolute Gasteiger partial charge is 0.486 e. The number of nitrogens with one attached hydrogen (secondary N) is 1. The fourth-order valence-corrected chi connectivity index (χ4v) is 2.77. The molecular formula is C14H17BrN2O4. The van der Waals surface area contributed by atoms with E-state index in [2.05, 4.69) is 21.2 Å².